The summed E-state index contributed by atoms with van der Waals surface area (Å²) in [4.78, 5) is 20.4. The first-order chi connectivity index (χ1) is 16.3. The fourth-order valence-corrected chi connectivity index (χ4v) is 5.18. The van der Waals surface area contributed by atoms with E-state index >= 15 is 0 Å². The second kappa shape index (κ2) is 10.7. The molecule has 1 saturated carbocycles. The summed E-state index contributed by atoms with van der Waals surface area (Å²) in [6, 6.07) is 11.2. The molecular formula is C25H27F3N4OS. The van der Waals surface area contributed by atoms with Crippen LogP contribution in [0.25, 0.3) is 11.1 Å². The van der Waals surface area contributed by atoms with Gasteiger partial charge in [-0.3, -0.25) is 9.78 Å². The third-order valence-electron chi connectivity index (χ3n) is 6.00. The average Bonchev–Trinajstić information content (AvgIpc) is 3.50. The minimum Gasteiger partial charge on any atom is -0.345 e. The molecule has 2 aromatic heterocycles. The maximum absolute atomic E-state index is 13.6. The van der Waals surface area contributed by atoms with Crippen molar-refractivity contribution in [3.63, 3.8) is 0 Å². The summed E-state index contributed by atoms with van der Waals surface area (Å²) in [5, 5.41) is 6.41. The summed E-state index contributed by atoms with van der Waals surface area (Å²) in [7, 11) is 0. The van der Waals surface area contributed by atoms with Crippen LogP contribution in [-0.2, 0) is 12.6 Å². The van der Waals surface area contributed by atoms with Crippen LogP contribution >= 0.6 is 11.3 Å². The highest BCUT2D eigenvalue weighted by molar-refractivity contribution is 7.13. The van der Waals surface area contributed by atoms with Crippen LogP contribution in [-0.4, -0.2) is 28.5 Å². The zero-order valence-corrected chi connectivity index (χ0v) is 19.7. The second-order valence-corrected chi connectivity index (χ2v) is 9.61. The van der Waals surface area contributed by atoms with E-state index in [0.29, 0.717) is 24.0 Å². The summed E-state index contributed by atoms with van der Waals surface area (Å²) < 4.78 is 40.9. The number of amides is 1. The van der Waals surface area contributed by atoms with Crippen LogP contribution in [0.4, 0.5) is 13.2 Å². The summed E-state index contributed by atoms with van der Waals surface area (Å²) in [5.74, 6) is -0.765. The van der Waals surface area contributed by atoms with Gasteiger partial charge in [0.15, 0.2) is 5.69 Å². The van der Waals surface area contributed by atoms with E-state index < -0.39 is 28.7 Å². The van der Waals surface area contributed by atoms with Gasteiger partial charge in [-0.25, -0.2) is 4.98 Å². The van der Waals surface area contributed by atoms with Crippen LogP contribution in [0, 0.1) is 0 Å². The number of alkyl halides is 3. The maximum atomic E-state index is 13.6. The zero-order chi connectivity index (χ0) is 24.1. The number of carbonyl (C=O) groups excluding carboxylic acids is 1. The summed E-state index contributed by atoms with van der Waals surface area (Å²) in [5.41, 5.74) is 1.51. The Kier molecular flexibility index (Phi) is 7.63. The SMILES string of the molecule is C[C@H](NC(=O)c1sc(CCNC2CCCC2)nc1C(F)(F)F)c1cccc(-c2cccnc2)c1. The number of rotatable bonds is 8. The molecule has 0 bridgehead atoms. The smallest absolute Gasteiger partial charge is 0.345 e. The predicted octanol–water partition coefficient (Wildman–Crippen LogP) is 5.79. The largest absolute Gasteiger partial charge is 0.435 e. The topological polar surface area (TPSA) is 66.9 Å². The van der Waals surface area contributed by atoms with Gasteiger partial charge in [0.1, 0.15) is 4.88 Å². The van der Waals surface area contributed by atoms with Crippen LogP contribution in [0.15, 0.2) is 48.8 Å². The minimum absolute atomic E-state index is 0.314. The number of nitrogens with zero attached hydrogens (tertiary/aromatic N) is 2. The van der Waals surface area contributed by atoms with Crippen molar-refractivity contribution in [2.24, 2.45) is 0 Å². The van der Waals surface area contributed by atoms with Gasteiger partial charge in [-0.15, -0.1) is 11.3 Å². The van der Waals surface area contributed by atoms with E-state index in [1.54, 1.807) is 19.3 Å². The van der Waals surface area contributed by atoms with E-state index in [0.717, 1.165) is 40.9 Å². The molecule has 1 aliphatic carbocycles. The van der Waals surface area contributed by atoms with Crippen molar-refractivity contribution in [3.8, 4) is 11.1 Å². The van der Waals surface area contributed by atoms with Crippen molar-refractivity contribution in [1.82, 2.24) is 20.6 Å². The normalized spacial score (nSPS) is 15.4. The Hall–Kier alpha value is -2.78. The van der Waals surface area contributed by atoms with Crippen LogP contribution in [0.1, 0.15) is 64.6 Å². The highest BCUT2D eigenvalue weighted by Crippen LogP contribution is 2.35. The van der Waals surface area contributed by atoms with Gasteiger partial charge >= 0.3 is 6.18 Å². The molecule has 9 heteroatoms. The van der Waals surface area contributed by atoms with Crippen molar-refractivity contribution in [2.45, 2.75) is 57.3 Å². The number of pyridine rings is 1. The van der Waals surface area contributed by atoms with Crippen molar-refractivity contribution in [2.75, 3.05) is 6.54 Å². The van der Waals surface area contributed by atoms with E-state index in [9.17, 15) is 18.0 Å². The minimum atomic E-state index is -4.69. The molecule has 0 radical (unpaired) electrons. The van der Waals surface area contributed by atoms with E-state index in [4.69, 9.17) is 0 Å². The summed E-state index contributed by atoms with van der Waals surface area (Å²) >= 11 is 0.823. The number of hydrogen-bond acceptors (Lipinski definition) is 5. The van der Waals surface area contributed by atoms with Gasteiger partial charge in [0.25, 0.3) is 5.91 Å². The van der Waals surface area contributed by atoms with Gasteiger partial charge in [-0.2, -0.15) is 13.2 Å². The lowest BCUT2D eigenvalue weighted by Gasteiger charge is -2.16. The van der Waals surface area contributed by atoms with E-state index in [1.165, 1.54) is 12.8 Å². The lowest BCUT2D eigenvalue weighted by molar-refractivity contribution is -0.141. The molecule has 0 unspecified atom stereocenters. The van der Waals surface area contributed by atoms with Crippen molar-refractivity contribution < 1.29 is 18.0 Å². The summed E-state index contributed by atoms with van der Waals surface area (Å²) in [6.45, 7) is 2.30. The van der Waals surface area contributed by atoms with Crippen LogP contribution in [0.2, 0.25) is 0 Å². The van der Waals surface area contributed by atoms with E-state index in [2.05, 4.69) is 20.6 Å². The van der Waals surface area contributed by atoms with Gasteiger partial charge in [0.05, 0.1) is 11.0 Å². The first kappa shape index (κ1) is 24.3. The molecule has 0 spiro atoms. The standard InChI is InChI=1S/C25H27F3N4OS/c1-16(17-6-4-7-18(14-17)19-8-5-12-29-15-19)31-24(33)22-23(25(26,27)28)32-21(34-22)11-13-30-20-9-2-3-10-20/h4-8,12,14-16,20,30H,2-3,9-11,13H2,1H3,(H,31,33)/t16-/m0/s1. The molecule has 4 rings (SSSR count). The van der Waals surface area contributed by atoms with Crippen LogP contribution < -0.4 is 10.6 Å². The van der Waals surface area contributed by atoms with E-state index in [1.807, 2.05) is 36.4 Å². The Balaban J connectivity index is 1.46. The maximum Gasteiger partial charge on any atom is 0.435 e. The van der Waals surface area contributed by atoms with Gasteiger partial charge in [0, 0.05) is 31.4 Å². The molecule has 1 atom stereocenters. The Morgan fingerprint density at radius 2 is 1.94 bits per heavy atom. The number of benzene rings is 1. The molecule has 1 aromatic carbocycles. The molecule has 2 N–H and O–H groups in total. The first-order valence-electron chi connectivity index (χ1n) is 11.4. The fraction of sp³-hybridized carbons (Fsp3) is 0.400. The lowest BCUT2D eigenvalue weighted by atomic mass is 10.0. The summed E-state index contributed by atoms with van der Waals surface area (Å²) in [6.07, 6.45) is 3.64. The van der Waals surface area contributed by atoms with Gasteiger partial charge < -0.3 is 10.6 Å². The van der Waals surface area contributed by atoms with Crippen LogP contribution in [0.5, 0.6) is 0 Å². The highest BCUT2D eigenvalue weighted by Gasteiger charge is 2.39. The monoisotopic (exact) mass is 488 g/mol. The molecule has 1 amide bonds. The quantitative estimate of drug-likeness (QED) is 0.421. The third kappa shape index (κ3) is 6.01. The van der Waals surface area contributed by atoms with Gasteiger partial charge in [-0.1, -0.05) is 37.1 Å². The number of carbonyl (C=O) groups is 1. The van der Waals surface area contributed by atoms with Crippen molar-refractivity contribution >= 4 is 17.2 Å². The molecule has 0 aliphatic heterocycles. The van der Waals surface area contributed by atoms with Gasteiger partial charge in [0.2, 0.25) is 0 Å². The molecule has 34 heavy (non-hydrogen) atoms. The Morgan fingerprint density at radius 1 is 1.18 bits per heavy atom. The number of halogens is 3. The van der Waals surface area contributed by atoms with Crippen molar-refractivity contribution in [3.05, 3.63) is 69.9 Å². The first-order valence-corrected chi connectivity index (χ1v) is 12.2. The molecule has 0 saturated heterocycles. The molecular weight excluding hydrogens is 461 g/mol. The molecule has 2 heterocycles. The number of thiazole rings is 1. The lowest BCUT2D eigenvalue weighted by Crippen LogP contribution is -2.28. The van der Waals surface area contributed by atoms with Gasteiger partial charge in [-0.05, 0) is 48.6 Å². The number of aromatic nitrogens is 2. The molecule has 180 valence electrons. The Bertz CT molecular complexity index is 1110. The molecule has 1 fully saturated rings. The third-order valence-corrected chi connectivity index (χ3v) is 7.12. The molecule has 3 aromatic rings. The Labute approximate surface area is 200 Å². The van der Waals surface area contributed by atoms with Crippen molar-refractivity contribution in [1.29, 1.82) is 0 Å². The van der Waals surface area contributed by atoms with Crippen LogP contribution in [0.3, 0.4) is 0 Å². The highest BCUT2D eigenvalue weighted by atomic mass is 32.1. The zero-order valence-electron chi connectivity index (χ0n) is 18.9. The molecule has 1 aliphatic rings. The second-order valence-electron chi connectivity index (χ2n) is 8.53. The number of nitrogens with one attached hydrogen (secondary N) is 2. The average molecular weight is 489 g/mol. The Morgan fingerprint density at radius 3 is 2.65 bits per heavy atom. The fourth-order valence-electron chi connectivity index (χ4n) is 4.20. The van der Waals surface area contributed by atoms with E-state index in [-0.39, 0.29) is 0 Å². The predicted molar refractivity (Wildman–Crippen MR) is 127 cm³/mol. The number of hydrogen-bond donors (Lipinski definition) is 2. The molecule has 5 nitrogen and oxygen atoms in total.